The van der Waals surface area contributed by atoms with E-state index in [1.165, 1.54) is 6.26 Å². The van der Waals surface area contributed by atoms with Crippen molar-refractivity contribution in [3.05, 3.63) is 54.0 Å². The molecule has 1 unspecified atom stereocenters. The highest BCUT2D eigenvalue weighted by Gasteiger charge is 2.31. The van der Waals surface area contributed by atoms with Gasteiger partial charge in [-0.15, -0.1) is 0 Å². The van der Waals surface area contributed by atoms with Gasteiger partial charge < -0.3 is 19.7 Å². The molecule has 7 heteroatoms. The number of anilines is 1. The monoisotopic (exact) mass is 342 g/mol. The molecular weight excluding hydrogens is 324 g/mol. The van der Waals surface area contributed by atoms with Crippen molar-refractivity contribution in [1.29, 1.82) is 0 Å². The molecule has 0 bridgehead atoms. The smallest absolute Gasteiger partial charge is 0.305 e. The van der Waals surface area contributed by atoms with Crippen molar-refractivity contribution < 1.29 is 23.9 Å². The number of nitrogens with one attached hydrogen (secondary N) is 1. The van der Waals surface area contributed by atoms with Crippen LogP contribution in [0.5, 0.6) is 0 Å². The van der Waals surface area contributed by atoms with E-state index in [9.17, 15) is 14.4 Å². The van der Waals surface area contributed by atoms with Gasteiger partial charge in [0.2, 0.25) is 0 Å². The molecule has 0 radical (unpaired) electrons. The molecule has 0 spiro atoms. The lowest BCUT2D eigenvalue weighted by atomic mass is 10.1. The predicted octanol–water partition coefficient (Wildman–Crippen LogP) is 2.61. The number of likely N-dealkylation sites (tertiary alicyclic amines) is 1. The van der Waals surface area contributed by atoms with Crippen LogP contribution in [0.25, 0.3) is 0 Å². The number of furan rings is 1. The number of carboxylic acids is 1. The molecule has 1 atom stereocenters. The van der Waals surface area contributed by atoms with Gasteiger partial charge in [-0.3, -0.25) is 14.4 Å². The maximum atomic E-state index is 12.7. The molecule has 2 heterocycles. The van der Waals surface area contributed by atoms with Crippen LogP contribution in [0, 0.1) is 0 Å². The van der Waals surface area contributed by atoms with Crippen LogP contribution in [-0.4, -0.2) is 40.4 Å². The normalized spacial score (nSPS) is 16.6. The van der Waals surface area contributed by atoms with Crippen molar-refractivity contribution in [3.8, 4) is 0 Å². The lowest BCUT2D eigenvalue weighted by molar-refractivity contribution is -0.137. The summed E-state index contributed by atoms with van der Waals surface area (Å²) in [6, 6.07) is 9.46. The second-order valence-corrected chi connectivity index (χ2v) is 5.90. The van der Waals surface area contributed by atoms with E-state index in [0.29, 0.717) is 24.2 Å². The fourth-order valence-corrected chi connectivity index (χ4v) is 3.01. The lowest BCUT2D eigenvalue weighted by Crippen LogP contribution is -2.36. The Bertz CT molecular complexity index is 785. The molecule has 2 aromatic rings. The molecule has 2 N–H and O–H groups in total. The van der Waals surface area contributed by atoms with Gasteiger partial charge in [0, 0.05) is 23.8 Å². The van der Waals surface area contributed by atoms with Gasteiger partial charge in [-0.1, -0.05) is 6.07 Å². The van der Waals surface area contributed by atoms with E-state index in [1.54, 1.807) is 41.3 Å². The van der Waals surface area contributed by atoms with Crippen molar-refractivity contribution in [1.82, 2.24) is 4.90 Å². The average Bonchev–Trinajstić information content (AvgIpc) is 3.25. The topological polar surface area (TPSA) is 99.9 Å². The molecule has 0 saturated carbocycles. The number of hydrogen-bond acceptors (Lipinski definition) is 4. The number of aliphatic carboxylic acids is 1. The minimum Gasteiger partial charge on any atom is -0.481 e. The summed E-state index contributed by atoms with van der Waals surface area (Å²) in [7, 11) is 0. The lowest BCUT2D eigenvalue weighted by Gasteiger charge is -2.23. The molecule has 1 aromatic heterocycles. The van der Waals surface area contributed by atoms with E-state index in [1.807, 2.05) is 0 Å². The maximum absolute atomic E-state index is 12.7. The number of hydrogen-bond donors (Lipinski definition) is 2. The Morgan fingerprint density at radius 1 is 1.24 bits per heavy atom. The molecule has 1 saturated heterocycles. The van der Waals surface area contributed by atoms with Crippen LogP contribution in [0.15, 0.2) is 47.1 Å². The van der Waals surface area contributed by atoms with Crippen LogP contribution in [0.4, 0.5) is 5.69 Å². The third-order valence-corrected chi connectivity index (χ3v) is 4.16. The van der Waals surface area contributed by atoms with E-state index in [-0.39, 0.29) is 24.1 Å². The largest absolute Gasteiger partial charge is 0.481 e. The van der Waals surface area contributed by atoms with Gasteiger partial charge in [0.1, 0.15) is 0 Å². The van der Waals surface area contributed by atoms with Crippen molar-refractivity contribution in [2.45, 2.75) is 25.3 Å². The second-order valence-electron chi connectivity index (χ2n) is 5.90. The number of benzene rings is 1. The summed E-state index contributed by atoms with van der Waals surface area (Å²) < 4.78 is 5.03. The van der Waals surface area contributed by atoms with Crippen LogP contribution >= 0.6 is 0 Å². The Kier molecular flexibility index (Phi) is 4.83. The minimum atomic E-state index is -0.913. The van der Waals surface area contributed by atoms with Crippen molar-refractivity contribution in [3.63, 3.8) is 0 Å². The first kappa shape index (κ1) is 16.8. The molecule has 7 nitrogen and oxygen atoms in total. The van der Waals surface area contributed by atoms with E-state index in [0.717, 1.165) is 6.42 Å². The van der Waals surface area contributed by atoms with E-state index < -0.39 is 11.9 Å². The van der Waals surface area contributed by atoms with E-state index >= 15 is 0 Å². The summed E-state index contributed by atoms with van der Waals surface area (Å²) in [5.74, 6) is -1.36. The van der Waals surface area contributed by atoms with Crippen molar-refractivity contribution in [2.24, 2.45) is 0 Å². The third kappa shape index (κ3) is 3.88. The number of carbonyl (C=O) groups is 3. The zero-order valence-corrected chi connectivity index (χ0v) is 13.5. The van der Waals surface area contributed by atoms with Crippen LogP contribution in [0.3, 0.4) is 0 Å². The fourth-order valence-electron chi connectivity index (χ4n) is 3.01. The van der Waals surface area contributed by atoms with E-state index in [2.05, 4.69) is 5.32 Å². The summed E-state index contributed by atoms with van der Waals surface area (Å²) >= 11 is 0. The average molecular weight is 342 g/mol. The third-order valence-electron chi connectivity index (χ3n) is 4.16. The molecule has 0 aliphatic carbocycles. The van der Waals surface area contributed by atoms with E-state index in [4.69, 9.17) is 9.52 Å². The standard InChI is InChI=1S/C18H18N2O5/c21-16(22)11-14-6-2-8-20(14)18(24)12-4-1-5-13(10-12)19-17(23)15-7-3-9-25-15/h1,3-5,7,9-10,14H,2,6,8,11H2,(H,19,23)(H,21,22). The zero-order valence-electron chi connectivity index (χ0n) is 13.5. The zero-order chi connectivity index (χ0) is 17.8. The number of amides is 2. The van der Waals surface area contributed by atoms with Gasteiger partial charge in [0.05, 0.1) is 12.7 Å². The molecule has 1 fully saturated rings. The van der Waals surface area contributed by atoms with Crippen molar-refractivity contribution in [2.75, 3.05) is 11.9 Å². The van der Waals surface area contributed by atoms with Gasteiger partial charge in [0.25, 0.3) is 11.8 Å². The first-order valence-corrected chi connectivity index (χ1v) is 8.02. The maximum Gasteiger partial charge on any atom is 0.305 e. The summed E-state index contributed by atoms with van der Waals surface area (Å²) in [5, 5.41) is 11.7. The Labute approximate surface area is 144 Å². The van der Waals surface area contributed by atoms with Gasteiger partial charge in [-0.25, -0.2) is 0 Å². The molecule has 1 aliphatic heterocycles. The van der Waals surface area contributed by atoms with Crippen LogP contribution in [-0.2, 0) is 4.79 Å². The van der Waals surface area contributed by atoms with Gasteiger partial charge >= 0.3 is 5.97 Å². The highest BCUT2D eigenvalue weighted by molar-refractivity contribution is 6.03. The quantitative estimate of drug-likeness (QED) is 0.870. The first-order chi connectivity index (χ1) is 12.0. The molecule has 3 rings (SSSR count). The first-order valence-electron chi connectivity index (χ1n) is 8.02. The Hall–Kier alpha value is -3.09. The molecular formula is C18H18N2O5. The fraction of sp³-hybridized carbons (Fsp3) is 0.278. The number of nitrogens with zero attached hydrogens (tertiary/aromatic N) is 1. The number of carboxylic acid groups (broad SMARTS) is 1. The molecule has 1 aliphatic rings. The summed E-state index contributed by atoms with van der Waals surface area (Å²) in [6.07, 6.45) is 2.83. The molecule has 130 valence electrons. The summed E-state index contributed by atoms with van der Waals surface area (Å²) in [4.78, 5) is 37.3. The number of rotatable bonds is 5. The van der Waals surface area contributed by atoms with Crippen LogP contribution < -0.4 is 5.32 Å². The van der Waals surface area contributed by atoms with Gasteiger partial charge in [0.15, 0.2) is 5.76 Å². The highest BCUT2D eigenvalue weighted by atomic mass is 16.4. The van der Waals surface area contributed by atoms with Gasteiger partial charge in [-0.05, 0) is 43.2 Å². The summed E-state index contributed by atoms with van der Waals surface area (Å²) in [5.41, 5.74) is 0.885. The van der Waals surface area contributed by atoms with Gasteiger partial charge in [-0.2, -0.15) is 0 Å². The Balaban J connectivity index is 1.73. The number of carbonyl (C=O) groups excluding carboxylic acids is 2. The molecule has 1 aromatic carbocycles. The molecule has 2 amide bonds. The van der Waals surface area contributed by atoms with Crippen LogP contribution in [0.2, 0.25) is 0 Å². The van der Waals surface area contributed by atoms with Crippen molar-refractivity contribution >= 4 is 23.5 Å². The Morgan fingerprint density at radius 2 is 2.08 bits per heavy atom. The minimum absolute atomic E-state index is 0.0549. The second kappa shape index (κ2) is 7.21. The predicted molar refractivity (Wildman–Crippen MR) is 89.4 cm³/mol. The highest BCUT2D eigenvalue weighted by Crippen LogP contribution is 2.23. The summed E-state index contributed by atoms with van der Waals surface area (Å²) in [6.45, 7) is 0.541. The van der Waals surface area contributed by atoms with Crippen LogP contribution in [0.1, 0.15) is 40.2 Å². The Morgan fingerprint density at radius 3 is 2.80 bits per heavy atom. The SMILES string of the molecule is O=C(O)CC1CCCN1C(=O)c1cccc(NC(=O)c2ccco2)c1. The molecule has 25 heavy (non-hydrogen) atoms.